The Balaban J connectivity index is 1.24. The Morgan fingerprint density at radius 3 is 2.42 bits per heavy atom. The van der Waals surface area contributed by atoms with Gasteiger partial charge in [0.25, 0.3) is 6.43 Å². The van der Waals surface area contributed by atoms with Crippen molar-refractivity contribution >= 4 is 33.4 Å². The number of rotatable bonds is 10. The number of nitrogens with two attached hydrogens (primary N) is 1. The molecule has 0 amide bonds. The average molecular weight is 686 g/mol. The van der Waals surface area contributed by atoms with Gasteiger partial charge in [0.15, 0.2) is 23.2 Å². The van der Waals surface area contributed by atoms with Gasteiger partial charge in [-0.05, 0) is 60.0 Å². The maximum absolute atomic E-state index is 15.4. The molecule has 0 atom stereocenters. The van der Waals surface area contributed by atoms with Crippen molar-refractivity contribution in [2.75, 3.05) is 49.7 Å². The Morgan fingerprint density at radius 2 is 1.75 bits per heavy atom. The van der Waals surface area contributed by atoms with Crippen LogP contribution in [0.4, 0.5) is 29.1 Å². The average Bonchev–Trinajstić information content (AvgIpc) is 3.62. The minimum atomic E-state index is -3.38. The molecule has 3 aromatic carbocycles. The SMILES string of the molecule is Cc1cc(Oc2ccccc2F)cc(F)c1-n1ncc(C(=O)C2=Cc3cc(OCC(F)F)c(N4CCN(S(C)(=O)=O)CC4)cc3C2)c1N. The number of hydrogen-bond acceptors (Lipinski definition) is 8. The summed E-state index contributed by atoms with van der Waals surface area (Å²) in [6, 6.07) is 11.6. The molecule has 48 heavy (non-hydrogen) atoms. The minimum absolute atomic E-state index is 0.0162. The van der Waals surface area contributed by atoms with E-state index in [1.165, 1.54) is 34.8 Å². The van der Waals surface area contributed by atoms with Crippen LogP contribution in [0.1, 0.15) is 27.0 Å². The van der Waals surface area contributed by atoms with Gasteiger partial charge in [0, 0.05) is 44.2 Å². The van der Waals surface area contributed by atoms with E-state index in [0.717, 1.165) is 22.6 Å². The van der Waals surface area contributed by atoms with Crippen molar-refractivity contribution in [1.29, 1.82) is 0 Å². The molecule has 0 bridgehead atoms. The highest BCUT2D eigenvalue weighted by atomic mass is 32.2. The lowest BCUT2D eigenvalue weighted by Crippen LogP contribution is -2.48. The number of nitrogen functional groups attached to an aromatic ring is 1. The zero-order chi connectivity index (χ0) is 34.3. The highest BCUT2D eigenvalue weighted by Gasteiger charge is 2.29. The van der Waals surface area contributed by atoms with Gasteiger partial charge >= 0.3 is 0 Å². The lowest BCUT2D eigenvalue weighted by atomic mass is 10.0. The fraction of sp³-hybridized carbons (Fsp3) is 0.273. The zero-order valence-corrected chi connectivity index (χ0v) is 26.7. The van der Waals surface area contributed by atoms with Crippen molar-refractivity contribution in [2.45, 2.75) is 19.8 Å². The summed E-state index contributed by atoms with van der Waals surface area (Å²) in [6.45, 7) is 1.83. The molecule has 2 N–H and O–H groups in total. The van der Waals surface area contributed by atoms with Crippen molar-refractivity contribution in [1.82, 2.24) is 14.1 Å². The third-order valence-electron chi connectivity index (χ3n) is 8.19. The zero-order valence-electron chi connectivity index (χ0n) is 25.9. The normalized spacial score (nSPS) is 15.1. The molecule has 2 aliphatic rings. The fourth-order valence-corrected chi connectivity index (χ4v) is 6.68. The van der Waals surface area contributed by atoms with E-state index in [-0.39, 0.29) is 53.8 Å². The first kappa shape index (κ1) is 33.0. The predicted octanol–water partition coefficient (Wildman–Crippen LogP) is 5.38. The second-order valence-electron chi connectivity index (χ2n) is 11.5. The lowest BCUT2D eigenvalue weighted by molar-refractivity contribution is 0.0820. The number of para-hydroxylation sites is 1. The van der Waals surface area contributed by atoms with Gasteiger partial charge in [-0.2, -0.15) is 9.40 Å². The molecule has 4 aromatic rings. The number of ether oxygens (including phenoxy) is 2. The molecule has 2 heterocycles. The molecule has 252 valence electrons. The number of Topliss-reactive ketones (excluding diaryl/α,β-unsaturated/α-hetero) is 1. The van der Waals surface area contributed by atoms with Crippen LogP contribution in [0.15, 0.2) is 60.3 Å². The van der Waals surface area contributed by atoms with Crippen molar-refractivity contribution in [3.63, 3.8) is 0 Å². The number of sulfonamides is 1. The first-order valence-corrected chi connectivity index (χ1v) is 16.7. The number of aryl methyl sites for hydroxylation is 1. The number of carbonyl (C=O) groups is 1. The summed E-state index contributed by atoms with van der Waals surface area (Å²) in [5.41, 5.74) is 8.93. The van der Waals surface area contributed by atoms with E-state index in [1.54, 1.807) is 31.2 Å². The summed E-state index contributed by atoms with van der Waals surface area (Å²) in [4.78, 5) is 15.6. The molecule has 0 unspecified atom stereocenters. The molecule has 15 heteroatoms. The van der Waals surface area contributed by atoms with E-state index in [2.05, 4.69) is 5.10 Å². The van der Waals surface area contributed by atoms with E-state index in [4.69, 9.17) is 15.2 Å². The van der Waals surface area contributed by atoms with Crippen molar-refractivity contribution in [3.05, 3.63) is 94.2 Å². The third-order valence-corrected chi connectivity index (χ3v) is 9.49. The number of piperazine rings is 1. The minimum Gasteiger partial charge on any atom is -0.485 e. The van der Waals surface area contributed by atoms with Crippen molar-refractivity contribution < 1.29 is 40.2 Å². The molecule has 0 radical (unpaired) electrons. The molecule has 0 spiro atoms. The number of allylic oxidation sites excluding steroid dienone is 1. The quantitative estimate of drug-likeness (QED) is 0.175. The summed E-state index contributed by atoms with van der Waals surface area (Å²) < 4.78 is 93.1. The molecular formula is C33H31F4N5O5S. The van der Waals surface area contributed by atoms with Gasteiger partial charge < -0.3 is 20.1 Å². The van der Waals surface area contributed by atoms with Gasteiger partial charge in [-0.1, -0.05) is 12.1 Å². The number of nitrogens with zero attached hydrogens (tertiary/aromatic N) is 4. The molecule has 0 saturated carbocycles. The third kappa shape index (κ3) is 6.60. The van der Waals surface area contributed by atoms with Crippen LogP contribution in [0.25, 0.3) is 11.8 Å². The van der Waals surface area contributed by atoms with E-state index >= 15 is 4.39 Å². The first-order chi connectivity index (χ1) is 22.8. The van der Waals surface area contributed by atoms with Gasteiger partial charge in [0.1, 0.15) is 29.6 Å². The summed E-state index contributed by atoms with van der Waals surface area (Å²) >= 11 is 0. The highest BCUT2D eigenvalue weighted by molar-refractivity contribution is 7.88. The van der Waals surface area contributed by atoms with E-state index in [1.807, 2.05) is 4.90 Å². The van der Waals surface area contributed by atoms with Crippen LogP contribution in [-0.4, -0.2) is 73.8 Å². The summed E-state index contributed by atoms with van der Waals surface area (Å²) in [6.07, 6.45) is 1.47. The maximum Gasteiger partial charge on any atom is 0.272 e. The van der Waals surface area contributed by atoms with E-state index in [9.17, 15) is 26.4 Å². The number of fused-ring (bicyclic) bond motifs is 1. The van der Waals surface area contributed by atoms with Crippen LogP contribution in [0, 0.1) is 18.6 Å². The van der Waals surface area contributed by atoms with Gasteiger partial charge in [-0.3, -0.25) is 4.79 Å². The Labute approximate surface area is 274 Å². The highest BCUT2D eigenvalue weighted by Crippen LogP contribution is 2.39. The maximum atomic E-state index is 15.4. The largest absolute Gasteiger partial charge is 0.485 e. The molecule has 1 aromatic heterocycles. The Bertz CT molecular complexity index is 2020. The number of halogens is 4. The molecule has 6 rings (SSSR count). The van der Waals surface area contributed by atoms with Gasteiger partial charge in [0.05, 0.1) is 23.7 Å². The molecule has 1 aliphatic carbocycles. The number of anilines is 2. The summed E-state index contributed by atoms with van der Waals surface area (Å²) in [5, 5.41) is 4.19. The molecule has 10 nitrogen and oxygen atoms in total. The number of aromatic nitrogens is 2. The number of hydrogen-bond donors (Lipinski definition) is 1. The molecule has 1 fully saturated rings. The summed E-state index contributed by atoms with van der Waals surface area (Å²) in [7, 11) is -3.38. The number of carbonyl (C=O) groups excluding carboxylic acids is 1. The van der Waals surface area contributed by atoms with E-state index in [0.29, 0.717) is 35.5 Å². The molecule has 1 aliphatic heterocycles. The Hall–Kier alpha value is -4.89. The van der Waals surface area contributed by atoms with Gasteiger partial charge in [0.2, 0.25) is 10.0 Å². The Morgan fingerprint density at radius 1 is 1.02 bits per heavy atom. The monoisotopic (exact) mass is 685 g/mol. The Kier molecular flexibility index (Phi) is 8.92. The fourth-order valence-electron chi connectivity index (χ4n) is 5.85. The number of ketones is 1. The first-order valence-electron chi connectivity index (χ1n) is 14.9. The second kappa shape index (κ2) is 13.0. The smallest absolute Gasteiger partial charge is 0.272 e. The molecule has 1 saturated heterocycles. The second-order valence-corrected chi connectivity index (χ2v) is 13.5. The van der Waals surface area contributed by atoms with Gasteiger partial charge in [-0.15, -0.1) is 0 Å². The lowest BCUT2D eigenvalue weighted by Gasteiger charge is -2.35. The predicted molar refractivity (Wildman–Crippen MR) is 172 cm³/mol. The summed E-state index contributed by atoms with van der Waals surface area (Å²) in [5.74, 6) is -1.75. The van der Waals surface area contributed by atoms with Crippen LogP contribution in [0.5, 0.6) is 17.2 Å². The van der Waals surface area contributed by atoms with Crippen molar-refractivity contribution in [3.8, 4) is 22.9 Å². The van der Waals surface area contributed by atoms with Crippen LogP contribution in [0.2, 0.25) is 0 Å². The topological polar surface area (TPSA) is 120 Å². The van der Waals surface area contributed by atoms with E-state index < -0.39 is 40.5 Å². The van der Waals surface area contributed by atoms with Crippen LogP contribution in [0.3, 0.4) is 0 Å². The standard InChI is InChI=1S/C33H31F4N5O5S/c1-19-11-23(47-28-6-4-3-5-25(28)34)16-26(35)31(19)42-33(38)24(17-39-42)32(43)22-12-20-14-27(29(15-21(20)13-22)46-18-30(36)37)40-7-9-41(10-8-40)48(2,44)45/h3-6,11,13-17,30H,7-10,12,18,38H2,1-2H3. The van der Waals surface area contributed by atoms with Crippen LogP contribution >= 0.6 is 0 Å². The molecular weight excluding hydrogens is 654 g/mol. The van der Waals surface area contributed by atoms with Crippen LogP contribution in [-0.2, 0) is 16.4 Å². The number of alkyl halides is 2. The van der Waals surface area contributed by atoms with Crippen molar-refractivity contribution in [2.24, 2.45) is 0 Å². The van der Waals surface area contributed by atoms with Gasteiger partial charge in [-0.25, -0.2) is 30.7 Å². The van der Waals surface area contributed by atoms with Crippen LogP contribution < -0.4 is 20.1 Å². The number of benzene rings is 3.